The van der Waals surface area contributed by atoms with Crippen molar-refractivity contribution < 1.29 is 0 Å². The summed E-state index contributed by atoms with van der Waals surface area (Å²) >= 11 is 0. The highest BCUT2D eigenvalue weighted by Gasteiger charge is 2.15. The van der Waals surface area contributed by atoms with Crippen LogP contribution in [0.25, 0.3) is 0 Å². The molecule has 0 saturated heterocycles. The Hall–Kier alpha value is -1.04. The maximum atomic E-state index is 4.20. The molecular formula is C21H34. The van der Waals surface area contributed by atoms with Gasteiger partial charge in [-0.3, -0.25) is 0 Å². The lowest BCUT2D eigenvalue weighted by Crippen LogP contribution is -2.07. The minimum absolute atomic E-state index is 0.750. The zero-order chi connectivity index (χ0) is 15.7. The van der Waals surface area contributed by atoms with Crippen LogP contribution in [0.2, 0.25) is 0 Å². The molecule has 0 amide bonds. The van der Waals surface area contributed by atoms with Gasteiger partial charge in [0.1, 0.15) is 0 Å². The Morgan fingerprint density at radius 1 is 1.24 bits per heavy atom. The molecule has 0 aliphatic heterocycles. The molecule has 0 fully saturated rings. The predicted molar refractivity (Wildman–Crippen MR) is 96.5 cm³/mol. The van der Waals surface area contributed by atoms with Gasteiger partial charge in [0.25, 0.3) is 0 Å². The van der Waals surface area contributed by atoms with Gasteiger partial charge in [-0.1, -0.05) is 54.0 Å². The van der Waals surface area contributed by atoms with Gasteiger partial charge in [-0.05, 0) is 78.1 Å². The van der Waals surface area contributed by atoms with Gasteiger partial charge < -0.3 is 0 Å². The van der Waals surface area contributed by atoms with Crippen LogP contribution in [0, 0.1) is 5.92 Å². The molecule has 0 N–H and O–H groups in total. The van der Waals surface area contributed by atoms with Crippen molar-refractivity contribution in [2.45, 2.75) is 79.1 Å². The molecular weight excluding hydrogens is 252 g/mol. The Bertz CT molecular complexity index is 413. The second-order valence-electron chi connectivity index (χ2n) is 6.75. The van der Waals surface area contributed by atoms with E-state index in [0.717, 1.165) is 12.3 Å². The number of hydrogen-bond donors (Lipinski definition) is 0. The molecule has 0 aromatic carbocycles. The lowest BCUT2D eigenvalue weighted by atomic mass is 9.83. The van der Waals surface area contributed by atoms with E-state index in [1.165, 1.54) is 56.1 Å². The van der Waals surface area contributed by atoms with Crippen LogP contribution in [0.1, 0.15) is 79.1 Å². The fourth-order valence-electron chi connectivity index (χ4n) is 2.97. The number of rotatable bonds is 8. The molecule has 1 rings (SSSR count). The topological polar surface area (TPSA) is 0 Å². The largest absolute Gasteiger partial charge is 0.0996 e. The van der Waals surface area contributed by atoms with E-state index in [2.05, 4.69) is 52.5 Å². The Kier molecular flexibility index (Phi) is 8.42. The quantitative estimate of drug-likeness (QED) is 0.415. The molecule has 0 nitrogen and oxygen atoms in total. The van der Waals surface area contributed by atoms with E-state index in [4.69, 9.17) is 0 Å². The van der Waals surface area contributed by atoms with Crippen LogP contribution < -0.4 is 0 Å². The molecule has 0 heterocycles. The van der Waals surface area contributed by atoms with Crippen molar-refractivity contribution in [2.75, 3.05) is 0 Å². The first kappa shape index (κ1) is 18.0. The summed E-state index contributed by atoms with van der Waals surface area (Å²) in [4.78, 5) is 0. The highest BCUT2D eigenvalue weighted by molar-refractivity contribution is 5.14. The van der Waals surface area contributed by atoms with Crippen molar-refractivity contribution >= 4 is 0 Å². The van der Waals surface area contributed by atoms with Gasteiger partial charge in [-0.15, -0.1) is 0 Å². The van der Waals surface area contributed by atoms with Crippen molar-refractivity contribution in [1.82, 2.24) is 0 Å². The summed E-state index contributed by atoms with van der Waals surface area (Å²) in [6.45, 7) is 13.1. The van der Waals surface area contributed by atoms with Crippen molar-refractivity contribution in [3.8, 4) is 0 Å². The molecule has 0 aromatic heterocycles. The van der Waals surface area contributed by atoms with Gasteiger partial charge in [0, 0.05) is 0 Å². The van der Waals surface area contributed by atoms with Crippen LogP contribution >= 0.6 is 0 Å². The fourth-order valence-corrected chi connectivity index (χ4v) is 2.97. The van der Waals surface area contributed by atoms with E-state index < -0.39 is 0 Å². The third kappa shape index (κ3) is 7.50. The molecule has 1 atom stereocenters. The maximum Gasteiger partial charge on any atom is -0.0168 e. The van der Waals surface area contributed by atoms with Crippen LogP contribution in [0.4, 0.5) is 0 Å². The highest BCUT2D eigenvalue weighted by Crippen LogP contribution is 2.31. The molecule has 0 bridgehead atoms. The smallest absolute Gasteiger partial charge is 0.0168 e. The van der Waals surface area contributed by atoms with E-state index >= 15 is 0 Å². The SMILES string of the molecule is C=C(CC)C1CC=C(CC/C=C(\C)CCC=C(C)C)CC1. The maximum absolute atomic E-state index is 4.20. The van der Waals surface area contributed by atoms with Gasteiger partial charge in [0.05, 0.1) is 0 Å². The number of allylic oxidation sites excluding steroid dienone is 7. The Morgan fingerprint density at radius 3 is 2.57 bits per heavy atom. The van der Waals surface area contributed by atoms with Gasteiger partial charge in [-0.2, -0.15) is 0 Å². The average molecular weight is 287 g/mol. The first-order valence-electron chi connectivity index (χ1n) is 8.67. The molecule has 1 aliphatic carbocycles. The molecule has 1 aliphatic rings. The van der Waals surface area contributed by atoms with Gasteiger partial charge >= 0.3 is 0 Å². The summed E-state index contributed by atoms with van der Waals surface area (Å²) in [5.41, 5.74) is 6.09. The number of hydrogen-bond acceptors (Lipinski definition) is 0. The van der Waals surface area contributed by atoms with E-state index in [1.54, 1.807) is 11.1 Å². The van der Waals surface area contributed by atoms with Crippen molar-refractivity contribution in [2.24, 2.45) is 5.92 Å². The minimum atomic E-state index is 0.750. The molecule has 0 heteroatoms. The summed E-state index contributed by atoms with van der Waals surface area (Å²) in [5.74, 6) is 0.750. The highest BCUT2D eigenvalue weighted by atomic mass is 14.2. The van der Waals surface area contributed by atoms with E-state index in [0.29, 0.717) is 0 Å². The van der Waals surface area contributed by atoms with Crippen LogP contribution in [-0.2, 0) is 0 Å². The molecule has 0 spiro atoms. The molecule has 0 saturated carbocycles. The van der Waals surface area contributed by atoms with Crippen molar-refractivity contribution in [3.05, 3.63) is 47.1 Å². The van der Waals surface area contributed by atoms with Crippen LogP contribution in [0.15, 0.2) is 47.1 Å². The molecule has 118 valence electrons. The van der Waals surface area contributed by atoms with Gasteiger partial charge in [-0.25, -0.2) is 0 Å². The fraction of sp³-hybridized carbons (Fsp3) is 0.619. The van der Waals surface area contributed by atoms with Crippen molar-refractivity contribution in [1.29, 1.82) is 0 Å². The van der Waals surface area contributed by atoms with E-state index in [1.807, 2.05) is 0 Å². The van der Waals surface area contributed by atoms with Crippen molar-refractivity contribution in [3.63, 3.8) is 0 Å². The Balaban J connectivity index is 2.28. The zero-order valence-corrected chi connectivity index (χ0v) is 14.7. The summed E-state index contributed by atoms with van der Waals surface area (Å²) < 4.78 is 0. The third-order valence-electron chi connectivity index (χ3n) is 4.59. The van der Waals surface area contributed by atoms with Crippen LogP contribution in [-0.4, -0.2) is 0 Å². The molecule has 0 radical (unpaired) electrons. The Morgan fingerprint density at radius 2 is 2.00 bits per heavy atom. The second kappa shape index (κ2) is 9.82. The summed E-state index contributed by atoms with van der Waals surface area (Å²) in [6, 6.07) is 0. The van der Waals surface area contributed by atoms with Crippen LogP contribution in [0.3, 0.4) is 0 Å². The average Bonchev–Trinajstić information content (AvgIpc) is 2.46. The van der Waals surface area contributed by atoms with E-state index in [-0.39, 0.29) is 0 Å². The minimum Gasteiger partial charge on any atom is -0.0996 e. The Labute approximate surface area is 132 Å². The summed E-state index contributed by atoms with van der Waals surface area (Å²) in [5, 5.41) is 0. The lowest BCUT2D eigenvalue weighted by Gasteiger charge is -2.23. The van der Waals surface area contributed by atoms with E-state index in [9.17, 15) is 0 Å². The molecule has 21 heavy (non-hydrogen) atoms. The lowest BCUT2D eigenvalue weighted by molar-refractivity contribution is 0.520. The second-order valence-corrected chi connectivity index (χ2v) is 6.75. The molecule has 0 aromatic rings. The first-order valence-corrected chi connectivity index (χ1v) is 8.67. The third-order valence-corrected chi connectivity index (χ3v) is 4.59. The predicted octanol–water partition coefficient (Wildman–Crippen LogP) is 7.15. The summed E-state index contributed by atoms with van der Waals surface area (Å²) in [6.07, 6.45) is 17.1. The van der Waals surface area contributed by atoms with Gasteiger partial charge in [0.2, 0.25) is 0 Å². The van der Waals surface area contributed by atoms with Gasteiger partial charge in [0.15, 0.2) is 0 Å². The standard InChI is InChI=1S/C21H34/c1-6-19(5)21-15-13-20(14-16-21)12-8-11-18(4)10-7-9-17(2)3/h9,11,13,21H,5-8,10,12,14-16H2,1-4H3/b18-11+. The zero-order valence-electron chi connectivity index (χ0n) is 14.7. The summed E-state index contributed by atoms with van der Waals surface area (Å²) in [7, 11) is 0. The molecule has 1 unspecified atom stereocenters. The normalized spacial score (nSPS) is 19.1. The first-order chi connectivity index (χ1) is 10.0. The monoisotopic (exact) mass is 286 g/mol. The van der Waals surface area contributed by atoms with Crippen LogP contribution in [0.5, 0.6) is 0 Å².